The third-order valence-corrected chi connectivity index (χ3v) is 2.73. The van der Waals surface area contributed by atoms with Crippen LogP contribution in [0.4, 0.5) is 18.9 Å². The average molecular weight is 299 g/mol. The Morgan fingerprint density at radius 1 is 1.15 bits per heavy atom. The van der Waals surface area contributed by atoms with Crippen molar-refractivity contribution >= 4 is 23.2 Å². The van der Waals surface area contributed by atoms with E-state index in [9.17, 15) is 18.0 Å². The quantitative estimate of drug-likeness (QED) is 0.874. The van der Waals surface area contributed by atoms with Crippen molar-refractivity contribution in [2.75, 3.05) is 5.32 Å². The van der Waals surface area contributed by atoms with Crippen molar-refractivity contribution in [1.29, 1.82) is 0 Å². The lowest BCUT2D eigenvalue weighted by Gasteiger charge is -2.09. The number of benzene rings is 2. The van der Waals surface area contributed by atoms with Crippen LogP contribution in [-0.4, -0.2) is 5.91 Å². The third kappa shape index (κ3) is 3.51. The smallest absolute Gasteiger partial charge is 0.322 e. The highest BCUT2D eigenvalue weighted by molar-refractivity contribution is 6.30. The van der Waals surface area contributed by atoms with Gasteiger partial charge in [0.15, 0.2) is 0 Å². The first-order valence-electron chi connectivity index (χ1n) is 5.51. The second kappa shape index (κ2) is 5.54. The Morgan fingerprint density at radius 3 is 2.40 bits per heavy atom. The molecule has 1 amide bonds. The normalized spacial score (nSPS) is 11.2. The molecule has 6 heteroatoms. The number of hydrogen-bond donors (Lipinski definition) is 1. The van der Waals surface area contributed by atoms with Gasteiger partial charge in [-0.1, -0.05) is 11.6 Å². The lowest BCUT2D eigenvalue weighted by Crippen LogP contribution is -2.13. The van der Waals surface area contributed by atoms with Crippen molar-refractivity contribution in [3.05, 3.63) is 64.7 Å². The minimum atomic E-state index is -4.51. The molecular weight excluding hydrogens is 291 g/mol. The van der Waals surface area contributed by atoms with Gasteiger partial charge >= 0.3 is 6.18 Å². The summed E-state index contributed by atoms with van der Waals surface area (Å²) in [4.78, 5) is 11.8. The molecule has 0 aliphatic carbocycles. The van der Waals surface area contributed by atoms with Gasteiger partial charge in [-0.15, -0.1) is 0 Å². The summed E-state index contributed by atoms with van der Waals surface area (Å²) in [6.07, 6.45) is -4.51. The van der Waals surface area contributed by atoms with Crippen LogP contribution in [0.15, 0.2) is 42.5 Å². The van der Waals surface area contributed by atoms with Crippen LogP contribution in [0.1, 0.15) is 15.9 Å². The molecule has 2 aromatic rings. The molecule has 0 unspecified atom stereocenters. The Balaban J connectivity index is 2.19. The van der Waals surface area contributed by atoms with Crippen LogP contribution in [0.5, 0.6) is 0 Å². The summed E-state index contributed by atoms with van der Waals surface area (Å²) in [6, 6.07) is 11.3. The van der Waals surface area contributed by atoms with Crippen molar-refractivity contribution in [3.8, 4) is 0 Å². The molecule has 0 saturated carbocycles. The Hall–Kier alpha value is -2.01. The minimum absolute atomic E-state index is 0.116. The van der Waals surface area contributed by atoms with Gasteiger partial charge in [0.05, 0.1) is 5.56 Å². The molecule has 0 heterocycles. The molecule has 0 aliphatic heterocycles. The fraction of sp³-hybridized carbons (Fsp3) is 0.0714. The fourth-order valence-electron chi connectivity index (χ4n) is 1.50. The molecule has 0 atom stereocenters. The van der Waals surface area contributed by atoms with Gasteiger partial charge in [0.2, 0.25) is 0 Å². The average Bonchev–Trinajstić information content (AvgIpc) is 2.40. The summed E-state index contributed by atoms with van der Waals surface area (Å²) in [5, 5.41) is 2.97. The number of carbonyl (C=O) groups is 1. The third-order valence-electron chi connectivity index (χ3n) is 2.48. The molecule has 2 rings (SSSR count). The predicted molar refractivity (Wildman–Crippen MR) is 69.7 cm³/mol. The van der Waals surface area contributed by atoms with E-state index in [1.165, 1.54) is 6.07 Å². The summed E-state index contributed by atoms with van der Waals surface area (Å²) in [7, 11) is 0. The van der Waals surface area contributed by atoms with Crippen molar-refractivity contribution in [2.45, 2.75) is 6.18 Å². The number of alkyl halides is 3. The summed E-state index contributed by atoms with van der Waals surface area (Å²) in [5.41, 5.74) is -0.590. The molecule has 2 nitrogen and oxygen atoms in total. The van der Waals surface area contributed by atoms with Gasteiger partial charge in [0.1, 0.15) is 0 Å². The molecule has 0 fully saturated rings. The van der Waals surface area contributed by atoms with E-state index in [2.05, 4.69) is 11.4 Å². The van der Waals surface area contributed by atoms with Crippen LogP contribution in [-0.2, 0) is 6.18 Å². The highest BCUT2D eigenvalue weighted by Gasteiger charge is 2.30. The van der Waals surface area contributed by atoms with E-state index in [0.29, 0.717) is 10.7 Å². The highest BCUT2D eigenvalue weighted by Crippen LogP contribution is 2.29. The van der Waals surface area contributed by atoms with E-state index in [1.54, 1.807) is 24.3 Å². The van der Waals surface area contributed by atoms with E-state index in [0.717, 1.165) is 12.1 Å². The maximum Gasteiger partial charge on any atom is 0.416 e. The Morgan fingerprint density at radius 2 is 1.80 bits per heavy atom. The predicted octanol–water partition coefficient (Wildman–Crippen LogP) is 4.41. The maximum absolute atomic E-state index is 12.5. The van der Waals surface area contributed by atoms with E-state index < -0.39 is 17.6 Å². The highest BCUT2D eigenvalue weighted by atomic mass is 35.5. The van der Waals surface area contributed by atoms with Crippen LogP contribution in [0, 0.1) is 6.07 Å². The first kappa shape index (κ1) is 14.4. The number of nitrogens with one attached hydrogen (secondary N) is 1. The topological polar surface area (TPSA) is 29.1 Å². The van der Waals surface area contributed by atoms with Gasteiger partial charge in [0.25, 0.3) is 5.91 Å². The van der Waals surface area contributed by atoms with Gasteiger partial charge in [-0.05, 0) is 48.5 Å². The minimum Gasteiger partial charge on any atom is -0.322 e. The number of carbonyl (C=O) groups excluding carboxylic acids is 1. The van der Waals surface area contributed by atoms with Crippen molar-refractivity contribution in [1.82, 2.24) is 0 Å². The molecule has 0 aromatic heterocycles. The second-order valence-corrected chi connectivity index (χ2v) is 4.41. The zero-order chi connectivity index (χ0) is 14.8. The summed E-state index contributed by atoms with van der Waals surface area (Å²) in [6.45, 7) is 0. The zero-order valence-corrected chi connectivity index (χ0v) is 10.7. The van der Waals surface area contributed by atoms with Crippen LogP contribution < -0.4 is 5.32 Å². The molecule has 0 saturated heterocycles. The molecule has 1 N–H and O–H groups in total. The van der Waals surface area contributed by atoms with E-state index >= 15 is 0 Å². The van der Waals surface area contributed by atoms with E-state index in [4.69, 9.17) is 11.6 Å². The monoisotopic (exact) mass is 298 g/mol. The van der Waals surface area contributed by atoms with Gasteiger partial charge in [0, 0.05) is 16.3 Å². The summed E-state index contributed by atoms with van der Waals surface area (Å²) in [5.74, 6) is -0.644. The lowest BCUT2D eigenvalue weighted by atomic mass is 10.1. The van der Waals surface area contributed by atoms with Gasteiger partial charge in [-0.2, -0.15) is 13.2 Å². The first-order valence-corrected chi connectivity index (χ1v) is 5.89. The Labute approximate surface area is 118 Å². The van der Waals surface area contributed by atoms with Gasteiger partial charge in [-0.3, -0.25) is 4.79 Å². The van der Waals surface area contributed by atoms with Gasteiger partial charge < -0.3 is 5.32 Å². The summed E-state index contributed by atoms with van der Waals surface area (Å²) >= 11 is 5.69. The maximum atomic E-state index is 12.5. The number of rotatable bonds is 2. The number of amides is 1. The number of anilines is 1. The molecule has 20 heavy (non-hydrogen) atoms. The van der Waals surface area contributed by atoms with Gasteiger partial charge in [-0.25, -0.2) is 0 Å². The number of halogens is 4. The van der Waals surface area contributed by atoms with Crippen LogP contribution >= 0.6 is 11.6 Å². The molecular formula is C14H8ClF3NO. The van der Waals surface area contributed by atoms with Crippen LogP contribution in [0.25, 0.3) is 0 Å². The molecule has 0 aliphatic rings. The SMILES string of the molecule is O=C(Nc1ccc(Cl)cc1)c1c[c]cc(C(F)(F)F)c1. The number of hydrogen-bond acceptors (Lipinski definition) is 1. The van der Waals surface area contributed by atoms with Crippen LogP contribution in [0.2, 0.25) is 5.02 Å². The fourth-order valence-corrected chi connectivity index (χ4v) is 1.63. The van der Waals surface area contributed by atoms with Crippen molar-refractivity contribution in [2.24, 2.45) is 0 Å². The molecule has 2 aromatic carbocycles. The van der Waals surface area contributed by atoms with Crippen molar-refractivity contribution in [3.63, 3.8) is 0 Å². The van der Waals surface area contributed by atoms with E-state index in [1.807, 2.05) is 0 Å². The molecule has 103 valence electrons. The summed E-state index contributed by atoms with van der Waals surface area (Å²) < 4.78 is 37.6. The largest absolute Gasteiger partial charge is 0.416 e. The zero-order valence-electron chi connectivity index (χ0n) is 9.96. The first-order chi connectivity index (χ1) is 9.36. The van der Waals surface area contributed by atoms with Crippen LogP contribution in [0.3, 0.4) is 0 Å². The molecule has 0 bridgehead atoms. The Bertz CT molecular complexity index is 623. The van der Waals surface area contributed by atoms with Crippen molar-refractivity contribution < 1.29 is 18.0 Å². The standard InChI is InChI=1S/C14H8ClF3NO/c15-11-4-6-12(7-5-11)19-13(20)9-2-1-3-10(8-9)14(16,17)18/h2-8H,(H,19,20). The lowest BCUT2D eigenvalue weighted by molar-refractivity contribution is -0.137. The Kier molecular flexibility index (Phi) is 3.99. The molecule has 1 radical (unpaired) electrons. The van der Waals surface area contributed by atoms with E-state index in [-0.39, 0.29) is 5.56 Å². The second-order valence-electron chi connectivity index (χ2n) is 3.97. The molecule has 0 spiro atoms.